The van der Waals surface area contributed by atoms with Crippen LogP contribution in [0.2, 0.25) is 10.0 Å². The third kappa shape index (κ3) is 6.89. The summed E-state index contributed by atoms with van der Waals surface area (Å²) in [6.07, 6.45) is 1.70. The molecule has 0 aliphatic heterocycles. The third-order valence-corrected chi connectivity index (χ3v) is 5.59. The minimum absolute atomic E-state index is 0. The Kier molecular flexibility index (Phi) is 10.3. The normalized spacial score (nSPS) is 10.3. The van der Waals surface area contributed by atoms with Crippen LogP contribution < -0.4 is 16.4 Å². The van der Waals surface area contributed by atoms with Gasteiger partial charge >= 0.3 is 5.69 Å². The third-order valence-electron chi connectivity index (χ3n) is 5.05. The molecular weight excluding hydrogens is 564 g/mol. The van der Waals surface area contributed by atoms with Crippen molar-refractivity contribution < 1.29 is 4.92 Å². The number of aromatic nitrogens is 5. The number of aryl methyl sites for hydroxylation is 2. The highest BCUT2D eigenvalue weighted by molar-refractivity contribution is 6.36. The first-order valence-corrected chi connectivity index (χ1v) is 11.2. The highest BCUT2D eigenvalue weighted by atomic mass is 35.5. The van der Waals surface area contributed by atoms with Gasteiger partial charge in [-0.2, -0.15) is 0 Å². The zero-order valence-corrected chi connectivity index (χ0v) is 22.7. The maximum Gasteiger partial charge on any atom is 0.311 e. The van der Waals surface area contributed by atoms with Crippen LogP contribution in [0, 0.1) is 24.0 Å². The number of anilines is 3. The van der Waals surface area contributed by atoms with Gasteiger partial charge in [-0.3, -0.25) is 10.1 Å². The fraction of sp³-hybridized carbons (Fsp3) is 0.182. The van der Waals surface area contributed by atoms with Crippen LogP contribution in [0.1, 0.15) is 11.5 Å². The van der Waals surface area contributed by atoms with Crippen molar-refractivity contribution >= 4 is 71.3 Å². The quantitative estimate of drug-likeness (QED) is 0.115. The van der Waals surface area contributed by atoms with Crippen LogP contribution >= 0.6 is 48.0 Å². The second kappa shape index (κ2) is 12.7. The van der Waals surface area contributed by atoms with Gasteiger partial charge in [-0.25, -0.2) is 19.9 Å². The molecule has 3 aromatic heterocycles. The van der Waals surface area contributed by atoms with Crippen LogP contribution in [0.4, 0.5) is 23.3 Å². The van der Waals surface area contributed by atoms with Gasteiger partial charge in [0.15, 0.2) is 0 Å². The molecule has 11 nitrogen and oxygen atoms in total. The fourth-order valence-corrected chi connectivity index (χ4v) is 3.98. The number of rotatable bonds is 8. The molecular formula is C22H23Cl4N9O2. The monoisotopic (exact) mass is 585 g/mol. The number of nitrogens with zero attached hydrogens (tertiary/aromatic N) is 5. The maximum atomic E-state index is 10.9. The fourth-order valence-electron chi connectivity index (χ4n) is 3.48. The average Bonchev–Trinajstić information content (AvgIpc) is 3.14. The standard InChI is InChI=1S/C22H21Cl2N9O2.2ClH/c1-11-19(30-12(2)29-11)15-10-28-22(32-20(15)14-4-3-13(23)9-16(14)24)27-8-7-26-18-6-5-17(33(34)35)21(25)31-18;;/h3-6,9-10H,7-8H2,1-2H3,(H,29,30)(H3,25,26,31)(H,27,28,32);2*1H. The molecule has 0 aliphatic rings. The van der Waals surface area contributed by atoms with Gasteiger partial charge in [0, 0.05) is 47.2 Å². The first-order valence-electron chi connectivity index (χ1n) is 10.5. The van der Waals surface area contributed by atoms with Crippen molar-refractivity contribution in [3.8, 4) is 22.5 Å². The summed E-state index contributed by atoms with van der Waals surface area (Å²) in [7, 11) is 0. The molecule has 5 N–H and O–H groups in total. The molecule has 0 saturated heterocycles. The predicted octanol–water partition coefficient (Wildman–Crippen LogP) is 5.71. The average molecular weight is 587 g/mol. The van der Waals surface area contributed by atoms with E-state index in [0.29, 0.717) is 46.2 Å². The molecule has 0 atom stereocenters. The first-order chi connectivity index (χ1) is 16.7. The second-order valence-corrected chi connectivity index (χ2v) is 8.43. The lowest BCUT2D eigenvalue weighted by atomic mass is 10.0. The molecule has 0 amide bonds. The molecule has 37 heavy (non-hydrogen) atoms. The minimum Gasteiger partial charge on any atom is -0.378 e. The first kappa shape index (κ1) is 29.8. The number of H-pyrrole nitrogens is 1. The smallest absolute Gasteiger partial charge is 0.311 e. The van der Waals surface area contributed by atoms with E-state index in [-0.39, 0.29) is 36.3 Å². The van der Waals surface area contributed by atoms with Gasteiger partial charge in [0.1, 0.15) is 11.6 Å². The number of nitro groups is 1. The molecule has 0 bridgehead atoms. The number of pyridine rings is 1. The van der Waals surface area contributed by atoms with Gasteiger partial charge in [-0.1, -0.05) is 23.2 Å². The second-order valence-electron chi connectivity index (χ2n) is 7.59. The van der Waals surface area contributed by atoms with Crippen LogP contribution in [0.15, 0.2) is 36.5 Å². The summed E-state index contributed by atoms with van der Waals surface area (Å²) >= 11 is 12.6. The largest absolute Gasteiger partial charge is 0.378 e. The van der Waals surface area contributed by atoms with Crippen LogP contribution in [0.5, 0.6) is 0 Å². The Bertz CT molecular complexity index is 1420. The van der Waals surface area contributed by atoms with E-state index in [2.05, 4.69) is 30.6 Å². The van der Waals surface area contributed by atoms with Crippen molar-refractivity contribution in [2.75, 3.05) is 29.5 Å². The van der Waals surface area contributed by atoms with Crippen molar-refractivity contribution in [3.05, 3.63) is 68.2 Å². The van der Waals surface area contributed by atoms with Crippen molar-refractivity contribution in [3.63, 3.8) is 0 Å². The van der Waals surface area contributed by atoms with Crippen LogP contribution in [-0.4, -0.2) is 42.9 Å². The van der Waals surface area contributed by atoms with Crippen LogP contribution in [0.3, 0.4) is 0 Å². The van der Waals surface area contributed by atoms with Crippen molar-refractivity contribution in [2.24, 2.45) is 0 Å². The number of hydrogen-bond donors (Lipinski definition) is 4. The summed E-state index contributed by atoms with van der Waals surface area (Å²) in [6.45, 7) is 4.68. The van der Waals surface area contributed by atoms with E-state index >= 15 is 0 Å². The Hall–Kier alpha value is -3.38. The molecule has 0 aliphatic carbocycles. The van der Waals surface area contributed by atoms with E-state index in [1.807, 2.05) is 13.8 Å². The topological polar surface area (TPSA) is 161 Å². The van der Waals surface area contributed by atoms with Gasteiger partial charge in [0.05, 0.1) is 21.3 Å². The highest BCUT2D eigenvalue weighted by Crippen LogP contribution is 2.36. The van der Waals surface area contributed by atoms with Gasteiger partial charge in [-0.05, 0) is 38.1 Å². The Balaban J connectivity index is 0.00000241. The molecule has 0 radical (unpaired) electrons. The summed E-state index contributed by atoms with van der Waals surface area (Å²) < 4.78 is 0. The van der Waals surface area contributed by atoms with Crippen LogP contribution in [-0.2, 0) is 0 Å². The number of nitrogens with one attached hydrogen (secondary N) is 3. The summed E-state index contributed by atoms with van der Waals surface area (Å²) in [5.74, 6) is 1.43. The molecule has 0 unspecified atom stereocenters. The molecule has 0 saturated carbocycles. The zero-order chi connectivity index (χ0) is 25.1. The molecule has 4 aromatic rings. The lowest BCUT2D eigenvalue weighted by Crippen LogP contribution is -2.16. The molecule has 196 valence electrons. The SMILES string of the molecule is Cc1nc(-c2cnc(NCCNc3ccc([N+](=O)[O-])c(N)n3)nc2-c2ccc(Cl)cc2Cl)c(C)[nH]1.Cl.Cl. The number of halogens is 4. The number of aromatic amines is 1. The van der Waals surface area contributed by atoms with E-state index in [4.69, 9.17) is 33.9 Å². The molecule has 3 heterocycles. The number of nitrogens with two attached hydrogens (primary N) is 1. The minimum atomic E-state index is -0.578. The summed E-state index contributed by atoms with van der Waals surface area (Å²) in [5, 5.41) is 18.0. The van der Waals surface area contributed by atoms with Gasteiger partial charge in [0.2, 0.25) is 11.8 Å². The van der Waals surface area contributed by atoms with E-state index in [1.54, 1.807) is 24.4 Å². The molecule has 0 spiro atoms. The van der Waals surface area contributed by atoms with E-state index < -0.39 is 4.92 Å². The Labute approximate surface area is 234 Å². The van der Waals surface area contributed by atoms with Crippen LogP contribution in [0.25, 0.3) is 22.5 Å². The molecule has 1 aromatic carbocycles. The number of benzene rings is 1. The number of nitrogen functional groups attached to an aromatic ring is 1. The van der Waals surface area contributed by atoms with Gasteiger partial charge in [-0.15, -0.1) is 24.8 Å². The highest BCUT2D eigenvalue weighted by Gasteiger charge is 2.18. The zero-order valence-electron chi connectivity index (χ0n) is 19.6. The van der Waals surface area contributed by atoms with E-state index in [0.717, 1.165) is 22.8 Å². The lowest BCUT2D eigenvalue weighted by Gasteiger charge is -2.13. The molecule has 15 heteroatoms. The summed E-state index contributed by atoms with van der Waals surface area (Å²) in [4.78, 5) is 31.2. The maximum absolute atomic E-state index is 10.9. The Morgan fingerprint density at radius 1 is 1.00 bits per heavy atom. The Morgan fingerprint density at radius 2 is 1.73 bits per heavy atom. The van der Waals surface area contributed by atoms with E-state index in [9.17, 15) is 10.1 Å². The summed E-state index contributed by atoms with van der Waals surface area (Å²) in [6, 6.07) is 8.01. The lowest BCUT2D eigenvalue weighted by molar-refractivity contribution is -0.384. The van der Waals surface area contributed by atoms with E-state index in [1.165, 1.54) is 12.1 Å². The predicted molar refractivity (Wildman–Crippen MR) is 151 cm³/mol. The Morgan fingerprint density at radius 3 is 2.35 bits per heavy atom. The van der Waals surface area contributed by atoms with Crippen molar-refractivity contribution in [1.82, 2.24) is 24.9 Å². The number of hydrogen-bond acceptors (Lipinski definition) is 9. The van der Waals surface area contributed by atoms with Gasteiger partial charge < -0.3 is 21.4 Å². The summed E-state index contributed by atoms with van der Waals surface area (Å²) in [5.41, 5.74) is 9.04. The molecule has 0 fully saturated rings. The van der Waals surface area contributed by atoms with Gasteiger partial charge in [0.25, 0.3) is 0 Å². The number of imidazole rings is 1. The molecule has 4 rings (SSSR count). The van der Waals surface area contributed by atoms with Crippen molar-refractivity contribution in [2.45, 2.75) is 13.8 Å². The van der Waals surface area contributed by atoms with Crippen molar-refractivity contribution in [1.29, 1.82) is 0 Å².